The van der Waals surface area contributed by atoms with Gasteiger partial charge in [0, 0.05) is 23.2 Å². The Hall–Kier alpha value is -2.15. The quantitative estimate of drug-likeness (QED) is 0.398. The summed E-state index contributed by atoms with van der Waals surface area (Å²) in [6.07, 6.45) is 3.88. The summed E-state index contributed by atoms with van der Waals surface area (Å²) in [5.41, 5.74) is 2.08. The number of aliphatic imine (C=N–C) groups is 1. The predicted octanol–water partition coefficient (Wildman–Crippen LogP) is 3.59. The van der Waals surface area contributed by atoms with Crippen molar-refractivity contribution in [2.24, 2.45) is 4.99 Å². The fourth-order valence-corrected chi connectivity index (χ4v) is 3.14. The van der Waals surface area contributed by atoms with Crippen molar-refractivity contribution in [3.63, 3.8) is 0 Å². The van der Waals surface area contributed by atoms with Gasteiger partial charge in [-0.2, -0.15) is 0 Å². The van der Waals surface area contributed by atoms with Gasteiger partial charge in [-0.05, 0) is 33.3 Å². The van der Waals surface area contributed by atoms with Crippen LogP contribution in [0.2, 0.25) is 0 Å². The number of nitrogens with zero attached hydrogens (tertiary/aromatic N) is 3. The number of hydrogen-bond acceptors (Lipinski definition) is 5. The van der Waals surface area contributed by atoms with Gasteiger partial charge in [-0.25, -0.2) is 15.0 Å². The zero-order valence-electron chi connectivity index (χ0n) is 16.1. The monoisotopic (exact) mass is 375 g/mol. The average Bonchev–Trinajstić information content (AvgIpc) is 2.96. The normalized spacial score (nSPS) is 11.5. The lowest BCUT2D eigenvalue weighted by atomic mass is 10.3. The minimum absolute atomic E-state index is 0.514. The molecule has 0 radical (unpaired) electrons. The summed E-state index contributed by atoms with van der Waals surface area (Å²) < 4.78 is 5.79. The van der Waals surface area contributed by atoms with E-state index in [-0.39, 0.29) is 0 Å². The van der Waals surface area contributed by atoms with Gasteiger partial charge in [0.1, 0.15) is 5.01 Å². The minimum Gasteiger partial charge on any atom is -0.477 e. The number of unbranched alkanes of at least 4 members (excludes halogenated alkanes) is 1. The van der Waals surface area contributed by atoms with Gasteiger partial charge in [0.25, 0.3) is 0 Å². The van der Waals surface area contributed by atoms with Crippen molar-refractivity contribution < 1.29 is 4.74 Å². The summed E-state index contributed by atoms with van der Waals surface area (Å²) >= 11 is 1.72. The highest BCUT2D eigenvalue weighted by atomic mass is 32.1. The van der Waals surface area contributed by atoms with Gasteiger partial charge in [0.05, 0.1) is 25.4 Å². The molecule has 0 amide bonds. The van der Waals surface area contributed by atoms with Crippen molar-refractivity contribution in [3.8, 4) is 5.88 Å². The van der Waals surface area contributed by atoms with Crippen molar-refractivity contribution in [2.75, 3.05) is 13.2 Å². The number of rotatable bonds is 9. The second-order valence-corrected chi connectivity index (χ2v) is 7.26. The van der Waals surface area contributed by atoms with Crippen molar-refractivity contribution in [3.05, 3.63) is 39.5 Å². The van der Waals surface area contributed by atoms with E-state index < -0.39 is 0 Å². The van der Waals surface area contributed by atoms with Gasteiger partial charge < -0.3 is 15.4 Å². The minimum atomic E-state index is 0.514. The third-order valence-electron chi connectivity index (χ3n) is 3.82. The maximum absolute atomic E-state index is 5.79. The molecule has 2 heterocycles. The number of nitrogens with one attached hydrogen (secondary N) is 2. The number of pyridine rings is 1. The van der Waals surface area contributed by atoms with Crippen LogP contribution in [-0.4, -0.2) is 29.1 Å². The zero-order chi connectivity index (χ0) is 18.8. The van der Waals surface area contributed by atoms with Crippen LogP contribution in [0.1, 0.15) is 47.8 Å². The van der Waals surface area contributed by atoms with Crippen molar-refractivity contribution in [1.29, 1.82) is 0 Å². The van der Waals surface area contributed by atoms with Crippen LogP contribution in [-0.2, 0) is 13.1 Å². The molecule has 2 rings (SSSR count). The fraction of sp³-hybridized carbons (Fsp3) is 0.526. The van der Waals surface area contributed by atoms with Crippen LogP contribution in [0, 0.1) is 13.8 Å². The average molecular weight is 376 g/mol. The molecule has 2 aromatic heterocycles. The molecule has 7 heteroatoms. The molecule has 0 aliphatic rings. The molecule has 0 aliphatic heterocycles. The summed E-state index contributed by atoms with van der Waals surface area (Å²) in [5.74, 6) is 1.44. The van der Waals surface area contributed by atoms with Gasteiger partial charge in [0.2, 0.25) is 5.88 Å². The Morgan fingerprint density at radius 1 is 1.27 bits per heavy atom. The van der Waals surface area contributed by atoms with Crippen LogP contribution >= 0.6 is 11.3 Å². The first-order chi connectivity index (χ1) is 12.6. The first-order valence-corrected chi connectivity index (χ1v) is 9.97. The van der Waals surface area contributed by atoms with Crippen LogP contribution in [0.4, 0.5) is 0 Å². The number of hydrogen-bond donors (Lipinski definition) is 2. The van der Waals surface area contributed by atoms with Crippen LogP contribution in [0.5, 0.6) is 5.88 Å². The van der Waals surface area contributed by atoms with Gasteiger partial charge in [-0.3, -0.25) is 0 Å². The Balaban J connectivity index is 1.99. The van der Waals surface area contributed by atoms with E-state index in [1.807, 2.05) is 19.1 Å². The molecule has 2 aromatic rings. The molecule has 142 valence electrons. The molecule has 0 bridgehead atoms. The van der Waals surface area contributed by atoms with Crippen molar-refractivity contribution in [2.45, 2.75) is 53.6 Å². The highest BCUT2D eigenvalue weighted by Gasteiger charge is 2.07. The van der Waals surface area contributed by atoms with Crippen LogP contribution < -0.4 is 15.4 Å². The van der Waals surface area contributed by atoms with Gasteiger partial charge in [0.15, 0.2) is 5.96 Å². The molecular formula is C19H29N5OS. The van der Waals surface area contributed by atoms with E-state index in [9.17, 15) is 0 Å². The molecule has 0 spiro atoms. The van der Waals surface area contributed by atoms with E-state index >= 15 is 0 Å². The summed E-state index contributed by atoms with van der Waals surface area (Å²) in [4.78, 5) is 14.8. The third kappa shape index (κ3) is 6.29. The fourth-order valence-electron chi connectivity index (χ4n) is 2.27. The molecule has 2 N–H and O–H groups in total. The molecule has 0 atom stereocenters. The zero-order valence-corrected chi connectivity index (χ0v) is 16.9. The number of thiazole rings is 1. The first kappa shape index (κ1) is 20.2. The molecular weight excluding hydrogens is 346 g/mol. The van der Waals surface area contributed by atoms with E-state index in [0.29, 0.717) is 25.6 Å². The molecule has 0 saturated heterocycles. The van der Waals surface area contributed by atoms with E-state index in [4.69, 9.17) is 4.74 Å². The van der Waals surface area contributed by atoms with Crippen LogP contribution in [0.3, 0.4) is 0 Å². The maximum atomic E-state index is 5.79. The first-order valence-electron chi connectivity index (χ1n) is 9.15. The lowest BCUT2D eigenvalue weighted by Gasteiger charge is -2.11. The molecule has 0 unspecified atom stereocenters. The summed E-state index contributed by atoms with van der Waals surface area (Å²) in [6, 6.07) is 3.92. The predicted molar refractivity (Wildman–Crippen MR) is 108 cm³/mol. The Morgan fingerprint density at radius 3 is 2.81 bits per heavy atom. The lowest BCUT2D eigenvalue weighted by Crippen LogP contribution is -2.36. The van der Waals surface area contributed by atoms with Gasteiger partial charge in [-0.15, -0.1) is 11.3 Å². The van der Waals surface area contributed by atoms with E-state index in [1.54, 1.807) is 17.5 Å². The smallest absolute Gasteiger partial charge is 0.218 e. The topological polar surface area (TPSA) is 71.4 Å². The van der Waals surface area contributed by atoms with E-state index in [1.165, 1.54) is 4.88 Å². The summed E-state index contributed by atoms with van der Waals surface area (Å²) in [6.45, 7) is 11.0. The van der Waals surface area contributed by atoms with E-state index in [0.717, 1.165) is 41.6 Å². The van der Waals surface area contributed by atoms with Crippen LogP contribution in [0.25, 0.3) is 0 Å². The summed E-state index contributed by atoms with van der Waals surface area (Å²) in [5, 5.41) is 7.68. The Labute approximate surface area is 160 Å². The van der Waals surface area contributed by atoms with Crippen molar-refractivity contribution >= 4 is 17.3 Å². The number of guanidine groups is 1. The Kier molecular flexibility index (Phi) is 8.34. The molecule has 0 aliphatic carbocycles. The number of ether oxygens (including phenoxy) is 1. The standard InChI is InChI=1S/C19H29N5OS/c1-5-7-11-25-18-16(9-8-10-21-18)12-22-19(20-6-2)23-13-17-24-14(3)15(4)26-17/h8-10H,5-7,11-13H2,1-4H3,(H2,20,22,23). The Morgan fingerprint density at radius 2 is 2.12 bits per heavy atom. The van der Waals surface area contributed by atoms with Crippen molar-refractivity contribution in [1.82, 2.24) is 20.6 Å². The second kappa shape index (κ2) is 10.8. The maximum Gasteiger partial charge on any atom is 0.218 e. The third-order valence-corrected chi connectivity index (χ3v) is 4.89. The second-order valence-electron chi connectivity index (χ2n) is 5.97. The SMILES string of the molecule is CCCCOc1ncccc1CN=C(NCC)NCc1nc(C)c(C)s1. The number of aryl methyl sites for hydroxylation is 2. The molecule has 0 saturated carbocycles. The Bertz CT molecular complexity index is 694. The largest absolute Gasteiger partial charge is 0.477 e. The molecule has 0 aromatic carbocycles. The molecule has 6 nitrogen and oxygen atoms in total. The van der Waals surface area contributed by atoms with Crippen LogP contribution in [0.15, 0.2) is 23.3 Å². The van der Waals surface area contributed by atoms with Gasteiger partial charge >= 0.3 is 0 Å². The van der Waals surface area contributed by atoms with Gasteiger partial charge in [-0.1, -0.05) is 19.4 Å². The molecule has 0 fully saturated rings. The highest BCUT2D eigenvalue weighted by Crippen LogP contribution is 2.17. The highest BCUT2D eigenvalue weighted by molar-refractivity contribution is 7.11. The lowest BCUT2D eigenvalue weighted by molar-refractivity contribution is 0.294. The summed E-state index contributed by atoms with van der Waals surface area (Å²) in [7, 11) is 0. The van der Waals surface area contributed by atoms with E-state index in [2.05, 4.69) is 46.4 Å². The molecule has 26 heavy (non-hydrogen) atoms. The number of aromatic nitrogens is 2.